The molecule has 0 aliphatic carbocycles. The minimum absolute atomic E-state index is 0.232. The van der Waals surface area contributed by atoms with E-state index < -0.39 is 5.97 Å². The number of nitrogens with zero attached hydrogens (tertiary/aromatic N) is 1. The summed E-state index contributed by atoms with van der Waals surface area (Å²) in [6.07, 6.45) is 6.26. The third kappa shape index (κ3) is 3.82. The zero-order valence-corrected chi connectivity index (χ0v) is 9.91. The molecule has 1 rings (SSSR count). The Labute approximate surface area is 92.5 Å². The Morgan fingerprint density at radius 3 is 2.80 bits per heavy atom. The van der Waals surface area contributed by atoms with Gasteiger partial charge in [0, 0.05) is 12.1 Å². The third-order valence-corrected chi connectivity index (χ3v) is 3.45. The predicted molar refractivity (Wildman–Crippen MR) is 61.0 cm³/mol. The van der Waals surface area contributed by atoms with Crippen molar-refractivity contribution in [3.05, 3.63) is 0 Å². The second-order valence-corrected chi connectivity index (χ2v) is 4.60. The smallest absolute Gasteiger partial charge is 0.304 e. The molecule has 0 saturated carbocycles. The second-order valence-electron chi connectivity index (χ2n) is 4.60. The van der Waals surface area contributed by atoms with Crippen molar-refractivity contribution in [3.8, 4) is 0 Å². The van der Waals surface area contributed by atoms with Crippen LogP contribution >= 0.6 is 0 Å². The minimum Gasteiger partial charge on any atom is -0.481 e. The summed E-state index contributed by atoms with van der Waals surface area (Å²) < 4.78 is 0. The van der Waals surface area contributed by atoms with Crippen LogP contribution in [0.5, 0.6) is 0 Å². The van der Waals surface area contributed by atoms with E-state index in [1.54, 1.807) is 0 Å². The van der Waals surface area contributed by atoms with Gasteiger partial charge < -0.3 is 5.11 Å². The molecule has 0 aromatic carbocycles. The Balaban J connectivity index is 2.58. The van der Waals surface area contributed by atoms with E-state index in [0.29, 0.717) is 12.5 Å². The fourth-order valence-electron chi connectivity index (χ4n) is 2.54. The molecule has 2 atom stereocenters. The first-order valence-electron chi connectivity index (χ1n) is 6.12. The molecule has 88 valence electrons. The number of hydrogen-bond acceptors (Lipinski definition) is 2. The first-order chi connectivity index (χ1) is 7.15. The van der Waals surface area contributed by atoms with E-state index in [0.717, 1.165) is 13.0 Å². The lowest BCUT2D eigenvalue weighted by Gasteiger charge is -2.34. The van der Waals surface area contributed by atoms with E-state index in [-0.39, 0.29) is 6.04 Å². The minimum atomic E-state index is -0.668. The lowest BCUT2D eigenvalue weighted by Crippen LogP contribution is -2.42. The first-order valence-corrected chi connectivity index (χ1v) is 6.12. The average molecular weight is 213 g/mol. The van der Waals surface area contributed by atoms with Crippen molar-refractivity contribution in [1.29, 1.82) is 0 Å². The highest BCUT2D eigenvalue weighted by Crippen LogP contribution is 2.21. The second kappa shape index (κ2) is 6.11. The van der Waals surface area contributed by atoms with Crippen molar-refractivity contribution in [2.24, 2.45) is 0 Å². The van der Waals surface area contributed by atoms with Gasteiger partial charge >= 0.3 is 5.97 Å². The summed E-state index contributed by atoms with van der Waals surface area (Å²) in [5.74, 6) is -0.668. The van der Waals surface area contributed by atoms with Crippen LogP contribution < -0.4 is 0 Å². The maximum absolute atomic E-state index is 10.8. The van der Waals surface area contributed by atoms with Crippen LogP contribution in [0.3, 0.4) is 0 Å². The molecule has 1 heterocycles. The number of aliphatic carboxylic acids is 1. The maximum atomic E-state index is 10.8. The van der Waals surface area contributed by atoms with Gasteiger partial charge in [-0.1, -0.05) is 19.8 Å². The third-order valence-electron chi connectivity index (χ3n) is 3.45. The quantitative estimate of drug-likeness (QED) is 0.780. The summed E-state index contributed by atoms with van der Waals surface area (Å²) in [4.78, 5) is 13.2. The van der Waals surface area contributed by atoms with Gasteiger partial charge in [-0.2, -0.15) is 0 Å². The zero-order chi connectivity index (χ0) is 11.3. The normalized spacial score (nSPS) is 25.9. The molecule has 0 radical (unpaired) electrons. The van der Waals surface area contributed by atoms with Gasteiger partial charge in [-0.05, 0) is 32.7 Å². The van der Waals surface area contributed by atoms with Crippen LogP contribution in [0.25, 0.3) is 0 Å². The van der Waals surface area contributed by atoms with Crippen LogP contribution in [-0.2, 0) is 4.79 Å². The molecule has 2 unspecified atom stereocenters. The van der Waals surface area contributed by atoms with Crippen molar-refractivity contribution < 1.29 is 9.90 Å². The summed E-state index contributed by atoms with van der Waals surface area (Å²) >= 11 is 0. The number of carbonyl (C=O) groups is 1. The molecule has 1 N–H and O–H groups in total. The van der Waals surface area contributed by atoms with Crippen LogP contribution in [-0.4, -0.2) is 34.6 Å². The summed E-state index contributed by atoms with van der Waals surface area (Å²) in [5.41, 5.74) is 0. The largest absolute Gasteiger partial charge is 0.481 e. The van der Waals surface area contributed by atoms with Gasteiger partial charge in [0.15, 0.2) is 0 Å². The number of carboxylic acid groups (broad SMARTS) is 1. The Morgan fingerprint density at radius 1 is 1.47 bits per heavy atom. The highest BCUT2D eigenvalue weighted by Gasteiger charge is 2.25. The lowest BCUT2D eigenvalue weighted by molar-refractivity contribution is -0.138. The van der Waals surface area contributed by atoms with Crippen molar-refractivity contribution in [2.45, 2.75) is 64.5 Å². The summed E-state index contributed by atoms with van der Waals surface area (Å²) in [7, 11) is 0. The van der Waals surface area contributed by atoms with Crippen molar-refractivity contribution in [1.82, 2.24) is 4.90 Å². The summed E-state index contributed by atoms with van der Waals surface area (Å²) in [5, 5.41) is 8.88. The topological polar surface area (TPSA) is 40.5 Å². The summed E-state index contributed by atoms with van der Waals surface area (Å²) in [6, 6.07) is 0.785. The Morgan fingerprint density at radius 2 is 2.20 bits per heavy atom. The molecule has 1 aliphatic rings. The number of hydrogen-bond donors (Lipinski definition) is 1. The number of carboxylic acids is 1. The summed E-state index contributed by atoms with van der Waals surface area (Å²) in [6.45, 7) is 5.40. The monoisotopic (exact) mass is 213 g/mol. The Kier molecular flexibility index (Phi) is 5.09. The first kappa shape index (κ1) is 12.5. The molecule has 0 bridgehead atoms. The molecular formula is C12H23NO2. The van der Waals surface area contributed by atoms with E-state index in [9.17, 15) is 4.79 Å². The molecular weight excluding hydrogens is 190 g/mol. The van der Waals surface area contributed by atoms with Gasteiger partial charge in [0.1, 0.15) is 0 Å². The molecule has 1 fully saturated rings. The zero-order valence-electron chi connectivity index (χ0n) is 9.91. The molecule has 0 aromatic rings. The highest BCUT2D eigenvalue weighted by atomic mass is 16.4. The van der Waals surface area contributed by atoms with Crippen LogP contribution in [0.1, 0.15) is 52.4 Å². The molecule has 3 nitrogen and oxygen atoms in total. The average Bonchev–Trinajstić information content (AvgIpc) is 2.39. The van der Waals surface area contributed by atoms with Crippen molar-refractivity contribution in [3.63, 3.8) is 0 Å². The number of likely N-dealkylation sites (tertiary alicyclic amines) is 1. The standard InChI is InChI=1S/C12H23NO2/c1-3-11(9-12(14)15)13-8-6-4-5-7-10(13)2/h10-11H,3-9H2,1-2H3,(H,14,15). The van der Waals surface area contributed by atoms with E-state index in [2.05, 4.69) is 18.7 Å². The van der Waals surface area contributed by atoms with E-state index in [1.165, 1.54) is 25.7 Å². The van der Waals surface area contributed by atoms with Crippen LogP contribution in [0, 0.1) is 0 Å². The molecule has 15 heavy (non-hydrogen) atoms. The number of rotatable bonds is 4. The lowest BCUT2D eigenvalue weighted by atomic mass is 10.1. The highest BCUT2D eigenvalue weighted by molar-refractivity contribution is 5.67. The Hall–Kier alpha value is -0.570. The van der Waals surface area contributed by atoms with Gasteiger partial charge in [-0.3, -0.25) is 9.69 Å². The molecule has 1 aliphatic heterocycles. The molecule has 0 spiro atoms. The van der Waals surface area contributed by atoms with Gasteiger partial charge in [0.25, 0.3) is 0 Å². The fraction of sp³-hybridized carbons (Fsp3) is 0.917. The van der Waals surface area contributed by atoms with Crippen LogP contribution in [0.2, 0.25) is 0 Å². The van der Waals surface area contributed by atoms with Gasteiger partial charge in [-0.25, -0.2) is 0 Å². The SMILES string of the molecule is CCC(CC(=O)O)N1CCCCCC1C. The molecule has 1 saturated heterocycles. The predicted octanol–water partition coefficient (Wildman–Crippen LogP) is 2.50. The van der Waals surface area contributed by atoms with Crippen molar-refractivity contribution >= 4 is 5.97 Å². The van der Waals surface area contributed by atoms with E-state index in [1.807, 2.05) is 0 Å². The van der Waals surface area contributed by atoms with Gasteiger partial charge in [-0.15, -0.1) is 0 Å². The van der Waals surface area contributed by atoms with Gasteiger partial charge in [0.05, 0.1) is 6.42 Å². The van der Waals surface area contributed by atoms with Crippen LogP contribution in [0.15, 0.2) is 0 Å². The van der Waals surface area contributed by atoms with Crippen molar-refractivity contribution in [2.75, 3.05) is 6.54 Å². The molecule has 0 amide bonds. The van der Waals surface area contributed by atoms with E-state index in [4.69, 9.17) is 5.11 Å². The fourth-order valence-corrected chi connectivity index (χ4v) is 2.54. The van der Waals surface area contributed by atoms with Gasteiger partial charge in [0.2, 0.25) is 0 Å². The van der Waals surface area contributed by atoms with Crippen LogP contribution in [0.4, 0.5) is 0 Å². The van der Waals surface area contributed by atoms with E-state index >= 15 is 0 Å². The molecule has 3 heteroatoms. The maximum Gasteiger partial charge on any atom is 0.304 e. The molecule has 0 aromatic heterocycles. The Bertz CT molecular complexity index is 206.